The van der Waals surface area contributed by atoms with E-state index in [0.717, 1.165) is 26.2 Å². The Morgan fingerprint density at radius 1 is 1.53 bits per heavy atom. The van der Waals surface area contributed by atoms with Gasteiger partial charge in [0.25, 0.3) is 0 Å². The van der Waals surface area contributed by atoms with E-state index in [1.165, 1.54) is 6.42 Å². The fraction of sp³-hybridized carbons (Fsp3) is 1.00. The summed E-state index contributed by atoms with van der Waals surface area (Å²) < 4.78 is 16.5. The topological polar surface area (TPSA) is 38.3 Å². The van der Waals surface area contributed by atoms with Crippen LogP contribution >= 0.6 is 0 Å². The summed E-state index contributed by atoms with van der Waals surface area (Å²) in [5.74, 6) is 0.660. The maximum atomic E-state index is 11.1. The Balaban J connectivity index is 2.11. The SMILES string of the molecule is CC(NCCC(C)S(C)=O)C1CCOC1. The van der Waals surface area contributed by atoms with Crippen molar-refractivity contribution in [3.63, 3.8) is 0 Å². The largest absolute Gasteiger partial charge is 0.381 e. The average molecular weight is 233 g/mol. The highest BCUT2D eigenvalue weighted by molar-refractivity contribution is 7.84. The first-order chi connectivity index (χ1) is 7.11. The summed E-state index contributed by atoms with van der Waals surface area (Å²) in [6.07, 6.45) is 3.93. The van der Waals surface area contributed by atoms with Crippen molar-refractivity contribution in [3.8, 4) is 0 Å². The first kappa shape index (κ1) is 13.1. The summed E-state index contributed by atoms with van der Waals surface area (Å²) in [6.45, 7) is 7.02. The molecule has 0 aromatic carbocycles. The van der Waals surface area contributed by atoms with Gasteiger partial charge in [0.1, 0.15) is 0 Å². The lowest BCUT2D eigenvalue weighted by Crippen LogP contribution is -2.35. The van der Waals surface area contributed by atoms with Gasteiger partial charge in [-0.3, -0.25) is 4.21 Å². The summed E-state index contributed by atoms with van der Waals surface area (Å²) >= 11 is 0. The zero-order valence-corrected chi connectivity index (χ0v) is 10.8. The van der Waals surface area contributed by atoms with E-state index in [1.54, 1.807) is 6.26 Å². The van der Waals surface area contributed by atoms with Crippen molar-refractivity contribution in [2.75, 3.05) is 26.0 Å². The molecule has 0 amide bonds. The van der Waals surface area contributed by atoms with Crippen LogP contribution in [0.25, 0.3) is 0 Å². The lowest BCUT2D eigenvalue weighted by atomic mass is 10.0. The van der Waals surface area contributed by atoms with Crippen molar-refractivity contribution in [3.05, 3.63) is 0 Å². The smallest absolute Gasteiger partial charge is 0.0509 e. The number of ether oxygens (including phenoxy) is 1. The minimum atomic E-state index is -0.692. The Kier molecular flexibility index (Phi) is 5.79. The molecule has 0 radical (unpaired) electrons. The van der Waals surface area contributed by atoms with E-state index < -0.39 is 10.8 Å². The molecule has 0 spiro atoms. The molecule has 1 heterocycles. The van der Waals surface area contributed by atoms with E-state index in [9.17, 15) is 4.21 Å². The molecule has 3 nitrogen and oxygen atoms in total. The van der Waals surface area contributed by atoms with Gasteiger partial charge in [0.2, 0.25) is 0 Å². The van der Waals surface area contributed by atoms with Crippen LogP contribution in [0.3, 0.4) is 0 Å². The number of nitrogens with one attached hydrogen (secondary N) is 1. The molecule has 0 bridgehead atoms. The Morgan fingerprint density at radius 2 is 2.27 bits per heavy atom. The third-order valence-electron chi connectivity index (χ3n) is 3.26. The molecule has 1 fully saturated rings. The fourth-order valence-electron chi connectivity index (χ4n) is 1.79. The highest BCUT2D eigenvalue weighted by Gasteiger charge is 2.21. The van der Waals surface area contributed by atoms with Crippen molar-refractivity contribution in [1.29, 1.82) is 0 Å². The fourth-order valence-corrected chi connectivity index (χ4v) is 2.24. The lowest BCUT2D eigenvalue weighted by molar-refractivity contribution is 0.178. The van der Waals surface area contributed by atoms with E-state index >= 15 is 0 Å². The van der Waals surface area contributed by atoms with E-state index in [0.29, 0.717) is 17.2 Å². The van der Waals surface area contributed by atoms with Gasteiger partial charge in [0.15, 0.2) is 0 Å². The van der Waals surface area contributed by atoms with Gasteiger partial charge >= 0.3 is 0 Å². The van der Waals surface area contributed by atoms with Gasteiger partial charge in [-0.05, 0) is 32.2 Å². The summed E-state index contributed by atoms with van der Waals surface area (Å²) in [4.78, 5) is 0. The highest BCUT2D eigenvalue weighted by atomic mass is 32.2. The van der Waals surface area contributed by atoms with Crippen LogP contribution in [0.15, 0.2) is 0 Å². The standard InChI is InChI=1S/C11H23NO2S/c1-9(15(3)13)4-6-12-10(2)11-5-7-14-8-11/h9-12H,4-8H2,1-3H3. The maximum Gasteiger partial charge on any atom is 0.0509 e. The van der Waals surface area contributed by atoms with E-state index in [-0.39, 0.29) is 0 Å². The monoisotopic (exact) mass is 233 g/mol. The molecule has 4 unspecified atom stereocenters. The van der Waals surface area contributed by atoms with Crippen LogP contribution in [0.5, 0.6) is 0 Å². The van der Waals surface area contributed by atoms with Gasteiger partial charge in [0, 0.05) is 35.0 Å². The number of rotatable bonds is 6. The zero-order valence-electron chi connectivity index (χ0n) is 9.99. The van der Waals surface area contributed by atoms with E-state index in [4.69, 9.17) is 4.74 Å². The van der Waals surface area contributed by atoms with Gasteiger partial charge in [-0.25, -0.2) is 0 Å². The second kappa shape index (κ2) is 6.61. The Labute approximate surface area is 95.4 Å². The lowest BCUT2D eigenvalue weighted by Gasteiger charge is -2.20. The molecule has 90 valence electrons. The van der Waals surface area contributed by atoms with Gasteiger partial charge in [0.05, 0.1) is 6.61 Å². The molecule has 4 heteroatoms. The van der Waals surface area contributed by atoms with E-state index in [1.807, 2.05) is 6.92 Å². The summed E-state index contributed by atoms with van der Waals surface area (Å²) in [6, 6.07) is 0.519. The van der Waals surface area contributed by atoms with Crippen LogP contribution < -0.4 is 5.32 Å². The molecule has 1 aliphatic heterocycles. The predicted molar refractivity (Wildman–Crippen MR) is 64.5 cm³/mol. The molecule has 1 saturated heterocycles. The Morgan fingerprint density at radius 3 is 2.80 bits per heavy atom. The molecule has 0 saturated carbocycles. The first-order valence-corrected chi connectivity index (χ1v) is 7.36. The van der Waals surface area contributed by atoms with Crippen LogP contribution in [0, 0.1) is 5.92 Å². The van der Waals surface area contributed by atoms with Crippen molar-refractivity contribution < 1.29 is 8.95 Å². The minimum absolute atomic E-state index is 0.296. The second-order valence-electron chi connectivity index (χ2n) is 4.46. The van der Waals surface area contributed by atoms with Crippen LogP contribution in [0.4, 0.5) is 0 Å². The van der Waals surface area contributed by atoms with Crippen molar-refractivity contribution in [2.45, 2.75) is 38.0 Å². The van der Waals surface area contributed by atoms with Crippen molar-refractivity contribution in [2.24, 2.45) is 5.92 Å². The van der Waals surface area contributed by atoms with Crippen molar-refractivity contribution >= 4 is 10.8 Å². The third-order valence-corrected chi connectivity index (χ3v) is 4.62. The molecular weight excluding hydrogens is 210 g/mol. The zero-order chi connectivity index (χ0) is 11.3. The molecule has 4 atom stereocenters. The normalized spacial score (nSPS) is 27.5. The summed E-state index contributed by atoms with van der Waals surface area (Å²) in [5, 5.41) is 3.79. The number of hydrogen-bond acceptors (Lipinski definition) is 3. The average Bonchev–Trinajstić information content (AvgIpc) is 2.70. The molecule has 0 aliphatic carbocycles. The molecule has 1 aliphatic rings. The molecule has 15 heavy (non-hydrogen) atoms. The van der Waals surface area contributed by atoms with E-state index in [2.05, 4.69) is 12.2 Å². The summed E-state index contributed by atoms with van der Waals surface area (Å²) in [7, 11) is -0.692. The quantitative estimate of drug-likeness (QED) is 0.748. The van der Waals surface area contributed by atoms with Crippen LogP contribution in [0.2, 0.25) is 0 Å². The van der Waals surface area contributed by atoms with Gasteiger partial charge < -0.3 is 10.1 Å². The first-order valence-electron chi connectivity index (χ1n) is 5.74. The van der Waals surface area contributed by atoms with Crippen LogP contribution in [0.1, 0.15) is 26.7 Å². The molecule has 0 aromatic heterocycles. The van der Waals surface area contributed by atoms with Gasteiger partial charge in [-0.1, -0.05) is 6.92 Å². The van der Waals surface area contributed by atoms with Crippen LogP contribution in [-0.4, -0.2) is 41.5 Å². The highest BCUT2D eigenvalue weighted by Crippen LogP contribution is 2.16. The summed E-state index contributed by atoms with van der Waals surface area (Å²) in [5.41, 5.74) is 0. The molecule has 1 N–H and O–H groups in total. The minimum Gasteiger partial charge on any atom is -0.381 e. The number of hydrogen-bond donors (Lipinski definition) is 1. The Hall–Kier alpha value is 0.0700. The molecular formula is C11H23NO2S. The molecule has 0 aromatic rings. The second-order valence-corrected chi connectivity index (χ2v) is 6.27. The van der Waals surface area contributed by atoms with Crippen molar-refractivity contribution in [1.82, 2.24) is 5.32 Å². The Bertz CT molecular complexity index is 205. The van der Waals surface area contributed by atoms with Gasteiger partial charge in [-0.2, -0.15) is 0 Å². The van der Waals surface area contributed by atoms with Gasteiger partial charge in [-0.15, -0.1) is 0 Å². The predicted octanol–water partition coefficient (Wildman–Crippen LogP) is 1.16. The van der Waals surface area contributed by atoms with Crippen LogP contribution in [-0.2, 0) is 15.5 Å². The maximum absolute atomic E-state index is 11.1. The molecule has 1 rings (SSSR count). The third kappa shape index (κ3) is 4.62.